The van der Waals surface area contributed by atoms with Crippen LogP contribution in [0.1, 0.15) is 12.8 Å². The Morgan fingerprint density at radius 3 is 2.61 bits per heavy atom. The number of methoxy groups -OCH3 is 1. The number of piperidine rings is 1. The largest absolute Gasteiger partial charge is 0.495 e. The van der Waals surface area contributed by atoms with E-state index in [0.717, 1.165) is 18.5 Å². The zero-order chi connectivity index (χ0) is 30.5. The van der Waals surface area contributed by atoms with Crippen LogP contribution >= 0.6 is 11.5 Å². The molecule has 12 nitrogen and oxygen atoms in total. The number of rotatable bonds is 10. The molecule has 0 unspecified atom stereocenters. The maximum absolute atomic E-state index is 15.3. The van der Waals surface area contributed by atoms with Crippen LogP contribution in [0.25, 0.3) is 10.9 Å². The molecule has 0 saturated carbocycles. The Morgan fingerprint density at radius 1 is 1.02 bits per heavy atom. The number of hydrogen-bond donors (Lipinski definition) is 3. The van der Waals surface area contributed by atoms with Crippen molar-refractivity contribution < 1.29 is 18.7 Å². The van der Waals surface area contributed by atoms with E-state index >= 15 is 4.39 Å². The molecule has 1 fully saturated rings. The summed E-state index contributed by atoms with van der Waals surface area (Å²) in [5.41, 5.74) is 1.61. The maximum atomic E-state index is 15.3. The Hall–Kier alpha value is -5.37. The van der Waals surface area contributed by atoms with Gasteiger partial charge in [0.15, 0.2) is 0 Å². The van der Waals surface area contributed by atoms with Gasteiger partial charge in [-0.25, -0.2) is 24.3 Å². The molecule has 2 aromatic carbocycles. The number of halogens is 1. The number of likely N-dealkylation sites (tertiary alicyclic amines) is 1. The Bertz CT molecular complexity index is 1800. The third kappa shape index (κ3) is 6.49. The van der Waals surface area contributed by atoms with Crippen LogP contribution in [0.5, 0.6) is 17.2 Å². The van der Waals surface area contributed by atoms with Gasteiger partial charge in [-0.05, 0) is 43.2 Å². The van der Waals surface area contributed by atoms with Crippen molar-refractivity contribution in [3.05, 3.63) is 79.8 Å². The molecule has 224 valence electrons. The summed E-state index contributed by atoms with van der Waals surface area (Å²) in [4.78, 5) is 30.8. The fourth-order valence-electron chi connectivity index (χ4n) is 4.86. The van der Waals surface area contributed by atoms with Crippen LogP contribution in [0.2, 0.25) is 0 Å². The van der Waals surface area contributed by atoms with Gasteiger partial charge in [0, 0.05) is 60.4 Å². The summed E-state index contributed by atoms with van der Waals surface area (Å²) >= 11 is 1.20. The molecular formula is C30H28FN9O3S. The topological polar surface area (TPSA) is 139 Å². The van der Waals surface area contributed by atoms with Gasteiger partial charge in [-0.2, -0.15) is 4.37 Å². The number of aromatic nitrogens is 5. The molecule has 0 atom stereocenters. The Kier molecular flexibility index (Phi) is 8.41. The van der Waals surface area contributed by atoms with Crippen molar-refractivity contribution in [2.45, 2.75) is 18.9 Å². The maximum Gasteiger partial charge on any atom is 0.245 e. The van der Waals surface area contributed by atoms with E-state index < -0.39 is 5.82 Å². The molecule has 1 aliphatic heterocycles. The van der Waals surface area contributed by atoms with Crippen LogP contribution in [0.15, 0.2) is 74.0 Å². The molecule has 44 heavy (non-hydrogen) atoms. The molecule has 4 heterocycles. The molecule has 1 amide bonds. The second kappa shape index (κ2) is 12.9. The average Bonchev–Trinajstić information content (AvgIpc) is 3.55. The quantitative estimate of drug-likeness (QED) is 0.162. The molecule has 1 aliphatic rings. The van der Waals surface area contributed by atoms with E-state index in [-0.39, 0.29) is 17.6 Å². The van der Waals surface area contributed by atoms with Crippen molar-refractivity contribution in [1.29, 1.82) is 0 Å². The molecule has 0 radical (unpaired) electrons. The fourth-order valence-corrected chi connectivity index (χ4v) is 5.30. The van der Waals surface area contributed by atoms with Crippen molar-refractivity contribution in [3.8, 4) is 17.2 Å². The lowest BCUT2D eigenvalue weighted by Crippen LogP contribution is -2.41. The minimum Gasteiger partial charge on any atom is -0.495 e. The number of fused-ring (bicyclic) bond motifs is 1. The zero-order valence-corrected chi connectivity index (χ0v) is 24.5. The number of pyridine rings is 1. The first-order valence-electron chi connectivity index (χ1n) is 13.7. The Morgan fingerprint density at radius 2 is 1.86 bits per heavy atom. The fraction of sp³-hybridized carbons (Fsp3) is 0.200. The van der Waals surface area contributed by atoms with Gasteiger partial charge in [-0.3, -0.25) is 4.79 Å². The van der Waals surface area contributed by atoms with Crippen LogP contribution in [0, 0.1) is 5.82 Å². The second-order valence-corrected chi connectivity index (χ2v) is 10.6. The molecule has 5 aromatic rings. The average molecular weight is 614 g/mol. The molecule has 0 aliphatic carbocycles. The molecule has 0 bridgehead atoms. The first kappa shape index (κ1) is 28.7. The number of carbonyl (C=O) groups excluding carboxylic acids is 1. The summed E-state index contributed by atoms with van der Waals surface area (Å²) in [5.74, 6) is 1.77. The molecule has 6 rings (SSSR count). The molecule has 3 N–H and O–H groups in total. The van der Waals surface area contributed by atoms with E-state index in [4.69, 9.17) is 9.47 Å². The lowest BCUT2D eigenvalue weighted by Gasteiger charge is -2.32. The number of hydrogen-bond acceptors (Lipinski definition) is 12. The van der Waals surface area contributed by atoms with Crippen molar-refractivity contribution in [3.63, 3.8) is 0 Å². The lowest BCUT2D eigenvalue weighted by atomic mass is 10.0. The minimum absolute atomic E-state index is 0.0595. The van der Waals surface area contributed by atoms with Gasteiger partial charge in [-0.15, -0.1) is 0 Å². The zero-order valence-electron chi connectivity index (χ0n) is 23.7. The Balaban J connectivity index is 1.18. The number of nitrogens with zero attached hydrogens (tertiary/aromatic N) is 6. The minimum atomic E-state index is -0.525. The summed E-state index contributed by atoms with van der Waals surface area (Å²) in [7, 11) is 1.60. The van der Waals surface area contributed by atoms with Crippen LogP contribution in [0.4, 0.5) is 32.5 Å². The number of amides is 1. The van der Waals surface area contributed by atoms with Gasteiger partial charge in [0.25, 0.3) is 0 Å². The SMILES string of the molecule is C=CC(=O)N1CCC(Nc2cc3c(Nc4ccc(Oc5ccnc(Nc6ncns6)c5)cc4F)ncnc3cc2OC)CC1. The van der Waals surface area contributed by atoms with Crippen molar-refractivity contribution in [1.82, 2.24) is 29.2 Å². The van der Waals surface area contributed by atoms with Gasteiger partial charge >= 0.3 is 0 Å². The highest BCUT2D eigenvalue weighted by atomic mass is 32.1. The summed E-state index contributed by atoms with van der Waals surface area (Å²) < 4.78 is 30.8. The number of benzene rings is 2. The van der Waals surface area contributed by atoms with Crippen LogP contribution in [-0.4, -0.2) is 61.4 Å². The number of nitrogens with one attached hydrogen (secondary N) is 3. The van der Waals surface area contributed by atoms with Gasteiger partial charge in [0.2, 0.25) is 11.0 Å². The Labute approximate surface area is 256 Å². The smallest absolute Gasteiger partial charge is 0.245 e. The van der Waals surface area contributed by atoms with E-state index in [1.807, 2.05) is 12.1 Å². The van der Waals surface area contributed by atoms with Gasteiger partial charge in [0.05, 0.1) is 24.0 Å². The summed E-state index contributed by atoms with van der Waals surface area (Å²) in [5, 5.41) is 11.0. The van der Waals surface area contributed by atoms with Crippen molar-refractivity contribution in [2.75, 3.05) is 36.1 Å². The molecular weight excluding hydrogens is 585 g/mol. The standard InChI is InChI=1S/C30H28FN9O3S/c1-3-28(41)40-10-7-18(8-11-40)37-25-14-21-24(15-26(25)42-2)33-16-34-29(21)38-23-5-4-19(12-22(23)31)43-20-6-9-32-27(13-20)39-30-35-17-36-44-30/h3-6,9,12-18,37H,1,7-8,10-11H2,2H3,(H,33,34,38)(H,32,35,36,39). The monoisotopic (exact) mass is 613 g/mol. The third-order valence-corrected chi connectivity index (χ3v) is 7.63. The number of carbonyl (C=O) groups is 1. The highest BCUT2D eigenvalue weighted by Crippen LogP contribution is 2.35. The van der Waals surface area contributed by atoms with Crippen molar-refractivity contribution >= 4 is 56.5 Å². The third-order valence-electron chi connectivity index (χ3n) is 7.05. The van der Waals surface area contributed by atoms with Crippen molar-refractivity contribution in [2.24, 2.45) is 0 Å². The molecule has 0 spiro atoms. The first-order chi connectivity index (χ1) is 21.5. The van der Waals surface area contributed by atoms with E-state index in [0.29, 0.717) is 58.0 Å². The number of anilines is 5. The predicted octanol–water partition coefficient (Wildman–Crippen LogP) is 5.89. The molecule has 3 aromatic heterocycles. The lowest BCUT2D eigenvalue weighted by molar-refractivity contribution is -0.126. The first-order valence-corrected chi connectivity index (χ1v) is 14.5. The van der Waals surface area contributed by atoms with E-state index in [1.165, 1.54) is 36.3 Å². The summed E-state index contributed by atoms with van der Waals surface area (Å²) in [6.45, 7) is 4.85. The highest BCUT2D eigenvalue weighted by molar-refractivity contribution is 7.09. The highest BCUT2D eigenvalue weighted by Gasteiger charge is 2.23. The van der Waals surface area contributed by atoms with Crippen LogP contribution in [-0.2, 0) is 4.79 Å². The van der Waals surface area contributed by atoms with Gasteiger partial charge in [0.1, 0.15) is 47.4 Å². The van der Waals surface area contributed by atoms with E-state index in [9.17, 15) is 4.79 Å². The van der Waals surface area contributed by atoms with E-state index in [2.05, 4.69) is 46.8 Å². The van der Waals surface area contributed by atoms with Crippen LogP contribution < -0.4 is 25.4 Å². The van der Waals surface area contributed by atoms with Crippen LogP contribution in [0.3, 0.4) is 0 Å². The second-order valence-electron chi connectivity index (χ2n) is 9.86. The van der Waals surface area contributed by atoms with Gasteiger partial charge < -0.3 is 30.3 Å². The number of ether oxygens (including phenoxy) is 2. The predicted molar refractivity (Wildman–Crippen MR) is 167 cm³/mol. The van der Waals surface area contributed by atoms with Gasteiger partial charge in [-0.1, -0.05) is 6.58 Å². The summed E-state index contributed by atoms with van der Waals surface area (Å²) in [6.07, 6.45) is 7.33. The molecule has 1 saturated heterocycles. The normalized spacial score (nSPS) is 13.4. The summed E-state index contributed by atoms with van der Waals surface area (Å²) in [6, 6.07) is 11.7. The van der Waals surface area contributed by atoms with E-state index in [1.54, 1.807) is 42.5 Å². The molecule has 14 heteroatoms.